The molecule has 4 nitrogen and oxygen atoms in total. The van der Waals surface area contributed by atoms with Gasteiger partial charge in [-0.1, -0.05) is 0 Å². The molecule has 0 fully saturated rings. The van der Waals surface area contributed by atoms with Crippen LogP contribution in [0.2, 0.25) is 0 Å². The van der Waals surface area contributed by atoms with Crippen LogP contribution >= 0.6 is 15.9 Å². The largest absolute Gasteiger partial charge is 0.383 e. The van der Waals surface area contributed by atoms with Gasteiger partial charge in [-0.2, -0.15) is 5.10 Å². The zero-order valence-electron chi connectivity index (χ0n) is 7.83. The van der Waals surface area contributed by atoms with Crippen molar-refractivity contribution >= 4 is 15.9 Å². The predicted octanol–water partition coefficient (Wildman–Crippen LogP) is 1.31. The Morgan fingerprint density at radius 3 is 3.00 bits per heavy atom. The summed E-state index contributed by atoms with van der Waals surface area (Å²) in [5.74, 6) is 0. The number of aromatic nitrogens is 2. The third-order valence-electron chi connectivity index (χ3n) is 1.77. The number of methoxy groups -OCH3 is 1. The molecule has 74 valence electrons. The van der Waals surface area contributed by atoms with Crippen LogP contribution in [0.3, 0.4) is 0 Å². The van der Waals surface area contributed by atoms with E-state index in [0.717, 1.165) is 16.7 Å². The van der Waals surface area contributed by atoms with Crippen LogP contribution in [0.1, 0.15) is 18.7 Å². The fourth-order valence-electron chi connectivity index (χ4n) is 1.18. The molecule has 13 heavy (non-hydrogen) atoms. The zero-order valence-corrected chi connectivity index (χ0v) is 9.41. The summed E-state index contributed by atoms with van der Waals surface area (Å²) in [6, 6.07) is -0.0197. The van der Waals surface area contributed by atoms with Gasteiger partial charge in [0.25, 0.3) is 0 Å². The number of rotatable bonds is 4. The van der Waals surface area contributed by atoms with E-state index in [1.807, 2.05) is 11.6 Å². The first-order chi connectivity index (χ1) is 6.16. The first kappa shape index (κ1) is 10.7. The summed E-state index contributed by atoms with van der Waals surface area (Å²) in [6.07, 6.45) is 1.76. The molecule has 0 aromatic carbocycles. The van der Waals surface area contributed by atoms with Crippen LogP contribution in [0.15, 0.2) is 10.7 Å². The van der Waals surface area contributed by atoms with Crippen molar-refractivity contribution < 1.29 is 4.74 Å². The van der Waals surface area contributed by atoms with Crippen molar-refractivity contribution in [2.24, 2.45) is 5.73 Å². The lowest BCUT2D eigenvalue weighted by Gasteiger charge is -2.10. The van der Waals surface area contributed by atoms with E-state index < -0.39 is 0 Å². The minimum absolute atomic E-state index is 0.0197. The highest BCUT2D eigenvalue weighted by molar-refractivity contribution is 9.10. The Morgan fingerprint density at radius 1 is 1.77 bits per heavy atom. The molecule has 1 aromatic heterocycles. The number of hydrogen-bond acceptors (Lipinski definition) is 3. The van der Waals surface area contributed by atoms with Crippen molar-refractivity contribution in [1.29, 1.82) is 0 Å². The lowest BCUT2D eigenvalue weighted by molar-refractivity contribution is 0.182. The molecule has 1 heterocycles. The SMILES string of the molecule is COCCn1ncc(Br)c1C(C)N. The summed E-state index contributed by atoms with van der Waals surface area (Å²) in [6.45, 7) is 3.32. The third-order valence-corrected chi connectivity index (χ3v) is 2.38. The van der Waals surface area contributed by atoms with Gasteiger partial charge in [0.1, 0.15) is 0 Å². The van der Waals surface area contributed by atoms with Gasteiger partial charge in [-0.3, -0.25) is 4.68 Å². The standard InChI is InChI=1S/C8H14BrN3O/c1-6(10)8-7(9)5-11-12(8)3-4-13-2/h5-6H,3-4,10H2,1-2H3. The molecule has 1 aromatic rings. The Bertz CT molecular complexity index is 272. The molecule has 0 aliphatic carbocycles. The lowest BCUT2D eigenvalue weighted by Crippen LogP contribution is -2.16. The van der Waals surface area contributed by atoms with E-state index in [9.17, 15) is 0 Å². The molecule has 0 saturated carbocycles. The van der Waals surface area contributed by atoms with Gasteiger partial charge in [-0.05, 0) is 22.9 Å². The Kier molecular flexibility index (Phi) is 3.90. The van der Waals surface area contributed by atoms with Crippen LogP contribution < -0.4 is 5.73 Å². The van der Waals surface area contributed by atoms with Gasteiger partial charge < -0.3 is 10.5 Å². The van der Waals surface area contributed by atoms with E-state index in [0.29, 0.717) is 6.61 Å². The molecule has 0 radical (unpaired) electrons. The monoisotopic (exact) mass is 247 g/mol. The van der Waals surface area contributed by atoms with Gasteiger partial charge in [0.2, 0.25) is 0 Å². The van der Waals surface area contributed by atoms with Crippen LogP contribution in [-0.2, 0) is 11.3 Å². The molecule has 1 rings (SSSR count). The average molecular weight is 248 g/mol. The van der Waals surface area contributed by atoms with E-state index in [4.69, 9.17) is 10.5 Å². The van der Waals surface area contributed by atoms with Gasteiger partial charge in [-0.25, -0.2) is 0 Å². The smallest absolute Gasteiger partial charge is 0.0691 e. The van der Waals surface area contributed by atoms with E-state index >= 15 is 0 Å². The Hall–Kier alpha value is -0.390. The Labute approximate surface area is 86.2 Å². The molecule has 2 N–H and O–H groups in total. The molecule has 0 spiro atoms. The highest BCUT2D eigenvalue weighted by Gasteiger charge is 2.11. The van der Waals surface area contributed by atoms with E-state index in [2.05, 4.69) is 21.0 Å². The van der Waals surface area contributed by atoms with Gasteiger partial charge in [0, 0.05) is 13.2 Å². The summed E-state index contributed by atoms with van der Waals surface area (Å²) >= 11 is 3.41. The van der Waals surface area contributed by atoms with Crippen LogP contribution in [0.25, 0.3) is 0 Å². The number of halogens is 1. The van der Waals surface area contributed by atoms with Crippen LogP contribution in [-0.4, -0.2) is 23.5 Å². The maximum Gasteiger partial charge on any atom is 0.0691 e. The molecule has 0 saturated heterocycles. The van der Waals surface area contributed by atoms with Gasteiger partial charge in [0.15, 0.2) is 0 Å². The van der Waals surface area contributed by atoms with Crippen molar-refractivity contribution in [3.63, 3.8) is 0 Å². The number of ether oxygens (including phenoxy) is 1. The Morgan fingerprint density at radius 2 is 2.46 bits per heavy atom. The quantitative estimate of drug-likeness (QED) is 0.874. The van der Waals surface area contributed by atoms with Crippen LogP contribution in [0.4, 0.5) is 0 Å². The molecule has 0 amide bonds. The maximum atomic E-state index is 5.80. The number of nitrogens with zero attached hydrogens (tertiary/aromatic N) is 2. The maximum absolute atomic E-state index is 5.80. The second-order valence-electron chi connectivity index (χ2n) is 2.88. The predicted molar refractivity (Wildman–Crippen MR) is 54.4 cm³/mol. The van der Waals surface area contributed by atoms with Gasteiger partial charge in [0.05, 0.1) is 29.5 Å². The highest BCUT2D eigenvalue weighted by atomic mass is 79.9. The minimum atomic E-state index is -0.0197. The second kappa shape index (κ2) is 4.74. The zero-order chi connectivity index (χ0) is 9.84. The van der Waals surface area contributed by atoms with Crippen LogP contribution in [0, 0.1) is 0 Å². The normalized spacial score (nSPS) is 13.2. The number of hydrogen-bond donors (Lipinski definition) is 1. The first-order valence-corrected chi connectivity index (χ1v) is 4.91. The third kappa shape index (κ3) is 2.52. The highest BCUT2D eigenvalue weighted by Crippen LogP contribution is 2.21. The van der Waals surface area contributed by atoms with Crippen LogP contribution in [0.5, 0.6) is 0 Å². The van der Waals surface area contributed by atoms with Crippen molar-refractivity contribution in [2.75, 3.05) is 13.7 Å². The van der Waals surface area contributed by atoms with Crippen molar-refractivity contribution in [3.8, 4) is 0 Å². The molecule has 0 aliphatic rings. The topological polar surface area (TPSA) is 53.1 Å². The second-order valence-corrected chi connectivity index (χ2v) is 3.74. The van der Waals surface area contributed by atoms with E-state index in [-0.39, 0.29) is 6.04 Å². The van der Waals surface area contributed by atoms with E-state index in [1.165, 1.54) is 0 Å². The van der Waals surface area contributed by atoms with Crippen molar-refractivity contribution in [3.05, 3.63) is 16.4 Å². The molecule has 1 unspecified atom stereocenters. The number of nitrogens with two attached hydrogens (primary N) is 1. The van der Waals surface area contributed by atoms with E-state index in [1.54, 1.807) is 13.3 Å². The van der Waals surface area contributed by atoms with Crippen molar-refractivity contribution in [1.82, 2.24) is 9.78 Å². The van der Waals surface area contributed by atoms with Crippen molar-refractivity contribution in [2.45, 2.75) is 19.5 Å². The summed E-state index contributed by atoms with van der Waals surface area (Å²) < 4.78 is 7.79. The summed E-state index contributed by atoms with van der Waals surface area (Å²) in [4.78, 5) is 0. The molecule has 1 atom stereocenters. The molecule has 0 aliphatic heterocycles. The minimum Gasteiger partial charge on any atom is -0.383 e. The molecule has 5 heteroatoms. The fourth-order valence-corrected chi connectivity index (χ4v) is 1.84. The Balaban J connectivity index is 2.81. The molecule has 0 bridgehead atoms. The van der Waals surface area contributed by atoms with Gasteiger partial charge >= 0.3 is 0 Å². The fraction of sp³-hybridized carbons (Fsp3) is 0.625. The molecular weight excluding hydrogens is 234 g/mol. The first-order valence-electron chi connectivity index (χ1n) is 4.12. The average Bonchev–Trinajstić information content (AvgIpc) is 2.43. The van der Waals surface area contributed by atoms with Gasteiger partial charge in [-0.15, -0.1) is 0 Å². The summed E-state index contributed by atoms with van der Waals surface area (Å²) in [5.41, 5.74) is 6.81. The lowest BCUT2D eigenvalue weighted by atomic mass is 10.2. The summed E-state index contributed by atoms with van der Waals surface area (Å²) in [7, 11) is 1.67. The molecular formula is C8H14BrN3O. The summed E-state index contributed by atoms with van der Waals surface area (Å²) in [5, 5.41) is 4.18.